The van der Waals surface area contributed by atoms with Gasteiger partial charge in [0.1, 0.15) is 6.54 Å². The maximum Gasteiger partial charge on any atom is 0.241 e. The molecule has 132 valence electrons. The Morgan fingerprint density at radius 3 is 2.67 bits per heavy atom. The monoisotopic (exact) mass is 370 g/mol. The van der Waals surface area contributed by atoms with E-state index in [1.165, 1.54) is 19.3 Å². The summed E-state index contributed by atoms with van der Waals surface area (Å²) in [5.41, 5.74) is 1.21. The van der Waals surface area contributed by atoms with Crippen LogP contribution in [0.15, 0.2) is 18.2 Å². The van der Waals surface area contributed by atoms with Crippen LogP contribution in [0.3, 0.4) is 0 Å². The van der Waals surface area contributed by atoms with Crippen LogP contribution in [0, 0.1) is 18.8 Å². The topological polar surface area (TPSA) is 66.5 Å². The maximum atomic E-state index is 12.5. The number of rotatable bonds is 5. The molecule has 7 heteroatoms. The second-order valence-corrected chi connectivity index (χ2v) is 9.39. The van der Waals surface area contributed by atoms with E-state index in [0.29, 0.717) is 16.6 Å². The Bertz CT molecular complexity index is 750. The molecule has 1 N–H and O–H groups in total. The fourth-order valence-corrected chi connectivity index (χ4v) is 5.11. The maximum absolute atomic E-state index is 12.5. The molecular weight excluding hydrogens is 348 g/mol. The fourth-order valence-electron chi connectivity index (χ4n) is 4.04. The Balaban J connectivity index is 1.75. The van der Waals surface area contributed by atoms with Crippen LogP contribution in [0.4, 0.5) is 5.69 Å². The molecule has 3 atom stereocenters. The van der Waals surface area contributed by atoms with Gasteiger partial charge in [-0.25, -0.2) is 8.42 Å². The van der Waals surface area contributed by atoms with Crippen LogP contribution in [0.5, 0.6) is 0 Å². The van der Waals surface area contributed by atoms with E-state index in [-0.39, 0.29) is 18.5 Å². The lowest BCUT2D eigenvalue weighted by Crippen LogP contribution is -2.45. The number of halogens is 1. The third kappa shape index (κ3) is 3.70. The largest absolute Gasteiger partial charge is 0.352 e. The van der Waals surface area contributed by atoms with Crippen molar-refractivity contribution in [3.8, 4) is 0 Å². The van der Waals surface area contributed by atoms with E-state index in [4.69, 9.17) is 11.6 Å². The van der Waals surface area contributed by atoms with Crippen LogP contribution in [-0.2, 0) is 14.8 Å². The van der Waals surface area contributed by atoms with Gasteiger partial charge >= 0.3 is 0 Å². The summed E-state index contributed by atoms with van der Waals surface area (Å²) in [5.74, 6) is 1.03. The van der Waals surface area contributed by atoms with Crippen LogP contribution < -0.4 is 9.62 Å². The Morgan fingerprint density at radius 2 is 2.08 bits per heavy atom. The number of hydrogen-bond acceptors (Lipinski definition) is 3. The van der Waals surface area contributed by atoms with Crippen molar-refractivity contribution in [2.75, 3.05) is 17.1 Å². The second-order valence-electron chi connectivity index (χ2n) is 7.05. The van der Waals surface area contributed by atoms with Crippen molar-refractivity contribution >= 4 is 33.2 Å². The molecule has 2 aliphatic rings. The first-order valence-corrected chi connectivity index (χ1v) is 10.5. The highest BCUT2D eigenvalue weighted by Crippen LogP contribution is 2.44. The molecule has 0 spiro atoms. The summed E-state index contributed by atoms with van der Waals surface area (Å²) >= 11 is 6.01. The quantitative estimate of drug-likeness (QED) is 0.866. The summed E-state index contributed by atoms with van der Waals surface area (Å²) in [5, 5.41) is 3.48. The van der Waals surface area contributed by atoms with Crippen molar-refractivity contribution in [1.82, 2.24) is 5.32 Å². The number of hydrogen-bond donors (Lipinski definition) is 1. The summed E-state index contributed by atoms with van der Waals surface area (Å²) in [6.07, 6.45) is 5.74. The van der Waals surface area contributed by atoms with E-state index in [1.54, 1.807) is 25.1 Å². The Morgan fingerprint density at radius 1 is 1.33 bits per heavy atom. The van der Waals surface area contributed by atoms with Gasteiger partial charge in [-0.3, -0.25) is 9.10 Å². The lowest BCUT2D eigenvalue weighted by atomic mass is 9.95. The molecule has 2 saturated carbocycles. The van der Waals surface area contributed by atoms with Crippen molar-refractivity contribution in [2.24, 2.45) is 11.8 Å². The van der Waals surface area contributed by atoms with Gasteiger partial charge in [-0.15, -0.1) is 0 Å². The fraction of sp³-hybridized carbons (Fsp3) is 0.588. The highest BCUT2D eigenvalue weighted by Gasteiger charge is 2.40. The number of anilines is 1. The smallest absolute Gasteiger partial charge is 0.241 e. The summed E-state index contributed by atoms with van der Waals surface area (Å²) in [7, 11) is -3.58. The Hall–Kier alpha value is -1.27. The summed E-state index contributed by atoms with van der Waals surface area (Å²) in [4.78, 5) is 12.5. The van der Waals surface area contributed by atoms with Gasteiger partial charge in [0.15, 0.2) is 0 Å². The number of fused-ring (bicyclic) bond motifs is 2. The zero-order valence-electron chi connectivity index (χ0n) is 14.0. The molecule has 0 aromatic heterocycles. The van der Waals surface area contributed by atoms with Gasteiger partial charge in [0, 0.05) is 11.1 Å². The van der Waals surface area contributed by atoms with Crippen molar-refractivity contribution in [1.29, 1.82) is 0 Å². The number of aryl methyl sites for hydroxylation is 1. The summed E-state index contributed by atoms with van der Waals surface area (Å²) in [6, 6.07) is 5.24. The van der Waals surface area contributed by atoms with Gasteiger partial charge < -0.3 is 5.32 Å². The van der Waals surface area contributed by atoms with Crippen molar-refractivity contribution < 1.29 is 13.2 Å². The minimum Gasteiger partial charge on any atom is -0.352 e. The lowest BCUT2D eigenvalue weighted by Gasteiger charge is -2.27. The first kappa shape index (κ1) is 17.5. The highest BCUT2D eigenvalue weighted by atomic mass is 35.5. The second kappa shape index (κ2) is 6.56. The molecule has 24 heavy (non-hydrogen) atoms. The van der Waals surface area contributed by atoms with E-state index in [0.717, 1.165) is 28.5 Å². The molecule has 2 aliphatic carbocycles. The standard InChI is InChI=1S/C17H23ClN2O3S/c1-11-3-6-14(18)9-16(11)20(24(2,22)23)10-17(21)19-15-8-12-4-5-13(15)7-12/h3,6,9,12-13,15H,4-5,7-8,10H2,1-2H3,(H,19,21)/t12-,13+,15+/m1/s1. The van der Waals surface area contributed by atoms with Crippen LogP contribution in [0.2, 0.25) is 5.02 Å². The predicted octanol–water partition coefficient (Wildman–Crippen LogP) is 2.72. The van der Waals surface area contributed by atoms with E-state index in [1.807, 2.05) is 0 Å². The minimum atomic E-state index is -3.58. The van der Waals surface area contributed by atoms with E-state index >= 15 is 0 Å². The molecule has 5 nitrogen and oxygen atoms in total. The number of sulfonamides is 1. The highest BCUT2D eigenvalue weighted by molar-refractivity contribution is 7.92. The van der Waals surface area contributed by atoms with Gasteiger partial charge in [0.25, 0.3) is 0 Å². The number of amides is 1. The van der Waals surface area contributed by atoms with Gasteiger partial charge in [0.05, 0.1) is 11.9 Å². The molecule has 0 radical (unpaired) electrons. The Labute approximate surface area is 148 Å². The number of carbonyl (C=O) groups is 1. The zero-order valence-corrected chi connectivity index (χ0v) is 15.5. The molecule has 3 rings (SSSR count). The third-order valence-electron chi connectivity index (χ3n) is 5.21. The molecule has 0 unspecified atom stereocenters. The van der Waals surface area contributed by atoms with Gasteiger partial charge in [-0.05, 0) is 55.7 Å². The van der Waals surface area contributed by atoms with E-state index in [9.17, 15) is 13.2 Å². The molecule has 1 amide bonds. The van der Waals surface area contributed by atoms with Gasteiger partial charge in [-0.1, -0.05) is 24.1 Å². The molecule has 1 aromatic carbocycles. The van der Waals surface area contributed by atoms with Crippen molar-refractivity contribution in [2.45, 2.75) is 38.6 Å². The summed E-state index contributed by atoms with van der Waals surface area (Å²) < 4.78 is 25.5. The van der Waals surface area contributed by atoms with E-state index in [2.05, 4.69) is 5.32 Å². The van der Waals surface area contributed by atoms with Crippen LogP contribution >= 0.6 is 11.6 Å². The van der Waals surface area contributed by atoms with Crippen LogP contribution in [0.1, 0.15) is 31.2 Å². The van der Waals surface area contributed by atoms with Crippen molar-refractivity contribution in [3.05, 3.63) is 28.8 Å². The zero-order chi connectivity index (χ0) is 17.5. The molecule has 0 saturated heterocycles. The normalized spacial score (nSPS) is 25.7. The predicted molar refractivity (Wildman–Crippen MR) is 95.8 cm³/mol. The van der Waals surface area contributed by atoms with Gasteiger partial charge in [-0.2, -0.15) is 0 Å². The third-order valence-corrected chi connectivity index (χ3v) is 6.57. The molecule has 2 bridgehead atoms. The molecular formula is C17H23ClN2O3S. The number of nitrogens with zero attached hydrogens (tertiary/aromatic N) is 1. The molecule has 0 heterocycles. The number of carbonyl (C=O) groups excluding carboxylic acids is 1. The average Bonchev–Trinajstić information content (AvgIpc) is 3.09. The van der Waals surface area contributed by atoms with Crippen LogP contribution in [-0.4, -0.2) is 33.2 Å². The first-order valence-electron chi connectivity index (χ1n) is 8.27. The number of benzene rings is 1. The number of nitrogens with one attached hydrogen (secondary N) is 1. The lowest BCUT2D eigenvalue weighted by molar-refractivity contribution is -0.120. The SMILES string of the molecule is Cc1ccc(Cl)cc1N(CC(=O)N[C@H]1C[C@@H]2CC[C@H]1C2)S(C)(=O)=O. The first-order chi connectivity index (χ1) is 11.2. The Kier molecular flexibility index (Phi) is 4.80. The average molecular weight is 371 g/mol. The minimum absolute atomic E-state index is 0.193. The molecule has 1 aromatic rings. The molecule has 2 fully saturated rings. The molecule has 0 aliphatic heterocycles. The van der Waals surface area contributed by atoms with E-state index < -0.39 is 10.0 Å². The van der Waals surface area contributed by atoms with Crippen LogP contribution in [0.25, 0.3) is 0 Å². The van der Waals surface area contributed by atoms with Crippen molar-refractivity contribution in [3.63, 3.8) is 0 Å². The summed E-state index contributed by atoms with van der Waals surface area (Å²) in [6.45, 7) is 1.59. The van der Waals surface area contributed by atoms with Gasteiger partial charge in [0.2, 0.25) is 15.9 Å².